The molecule has 0 aliphatic heterocycles. The predicted molar refractivity (Wildman–Crippen MR) is 217 cm³/mol. The van der Waals surface area contributed by atoms with Crippen molar-refractivity contribution >= 4 is 0 Å². The van der Waals surface area contributed by atoms with E-state index in [1.165, 1.54) is 0 Å². The van der Waals surface area contributed by atoms with Crippen LogP contribution in [0.3, 0.4) is 0 Å². The Bertz CT molecular complexity index is 67.9. The van der Waals surface area contributed by atoms with Gasteiger partial charge in [0.05, 0.1) is 0 Å². The summed E-state index contributed by atoms with van der Waals surface area (Å²) in [5.41, 5.74) is 0. The summed E-state index contributed by atoms with van der Waals surface area (Å²) in [6.07, 6.45) is 41.2. The third-order valence-electron chi connectivity index (χ3n) is 0. The molecule has 0 unspecified atom stereocenters. The summed E-state index contributed by atoms with van der Waals surface area (Å²) >= 11 is 0. The number of hydrogen-bond acceptors (Lipinski definition) is 11. The van der Waals surface area contributed by atoms with Gasteiger partial charge in [-0.3, -0.25) is 0 Å². The van der Waals surface area contributed by atoms with Crippen LogP contribution >= 0.6 is 0 Å². The van der Waals surface area contributed by atoms with Crippen molar-refractivity contribution < 1.29 is 15.5 Å². The Morgan fingerprint density at radius 3 is 0.114 bits per heavy atom. The first-order valence-electron chi connectivity index (χ1n) is 6.35. The number of hydrogen-bond donors (Lipinski definition) is 11. The van der Waals surface area contributed by atoms with Crippen molar-refractivity contribution in [2.24, 2.45) is 0 Å². The topological polar surface area (TPSA) is 385 Å². The molecule has 11 nitrogen and oxygen atoms in total. The third kappa shape index (κ3) is 173000. The van der Waals surface area contributed by atoms with Crippen LogP contribution in [0.25, 0.3) is 0 Å². The van der Waals surface area contributed by atoms with Crippen LogP contribution in [0.15, 0.2) is 0 Å². The van der Waals surface area contributed by atoms with Gasteiger partial charge in [0.2, 0.25) is 0 Å². The first kappa shape index (κ1) is 349. The van der Waals surface area contributed by atoms with E-state index in [1.54, 1.807) is 0 Å². The second kappa shape index (κ2) is 184000. The van der Waals surface area contributed by atoms with Crippen LogP contribution in [0.5, 0.6) is 0 Å². The van der Waals surface area contributed by atoms with Crippen LogP contribution in [0.1, 0.15) is 178 Å². The van der Waals surface area contributed by atoms with Gasteiger partial charge in [0.15, 0.2) is 0 Å². The zero-order valence-electron chi connectivity index (χ0n) is 17.4. The Balaban J connectivity index is -0.000000000833. The lowest BCUT2D eigenvalue weighted by molar-refractivity contribution is 2.13. The van der Waals surface area contributed by atoms with E-state index in [2.05, 4.69) is 67.6 Å². The molecular formula is C24H129N11. The molecule has 0 saturated carbocycles. The summed E-state index contributed by atoms with van der Waals surface area (Å²) in [7, 11) is 0. The minimum atomic E-state index is 0. The van der Waals surface area contributed by atoms with Gasteiger partial charge < -0.3 is 67.6 Å². The summed E-state index contributed by atoms with van der Waals surface area (Å²) in [5, 5.41) is 0. The summed E-state index contributed by atoms with van der Waals surface area (Å²) in [4.78, 5) is 0. The van der Waals surface area contributed by atoms with E-state index in [0.29, 0.717) is 0 Å². The highest BCUT2D eigenvalue weighted by molar-refractivity contribution is 2.53. The maximum atomic E-state index is 5.25. The van der Waals surface area contributed by atoms with Gasteiger partial charge in [-0.2, -0.15) is 0 Å². The predicted octanol–water partition coefficient (Wildman–Crippen LogP) is 17.0. The first-order chi connectivity index (χ1) is 11.0. The van der Waals surface area contributed by atoms with Gasteiger partial charge in [0.1, 0.15) is 15.5 Å². The fraction of sp³-hybridized carbons (Fsp3) is 1.00. The maximum absolute atomic E-state index is 5.25. The normalized spacial score (nSPS) is 2.20. The first-order valence-corrected chi connectivity index (χ1v) is 0. The van der Waals surface area contributed by atoms with E-state index >= 15 is 0 Å². The van der Waals surface area contributed by atoms with Crippen molar-refractivity contribution in [3.63, 3.8) is 0 Å². The summed E-state index contributed by atoms with van der Waals surface area (Å²) in [5.74, 6) is 0. The molecule has 0 atom stereocenters. The van der Waals surface area contributed by atoms with Gasteiger partial charge in [0.25, 0.3) is 0 Å². The lowest BCUT2D eigenvalue weighted by Gasteiger charge is -0.345. The standard InChI is InChI=1S/24CH4.11H3N/h24*1H4;11*1H3/i/hD11. The van der Waals surface area contributed by atoms with Crippen LogP contribution in [0.2, 0.25) is 15.5 Å². The van der Waals surface area contributed by atoms with E-state index in [9.17, 15) is 0 Å². The van der Waals surface area contributed by atoms with Crippen LogP contribution in [0, 0.1) is 0 Å². The summed E-state index contributed by atoms with van der Waals surface area (Å²) in [6.45, 7) is 0. The van der Waals surface area contributed by atoms with Crippen LogP contribution in [-0.4, -0.2) is 0 Å². The highest BCUT2D eigenvalue weighted by Gasteiger charge is -0.0536. The zero-order chi connectivity index (χ0) is 22.0. The van der Waals surface area contributed by atoms with Gasteiger partial charge in [-0.15, -0.1) is 0 Å². The summed E-state index contributed by atoms with van der Waals surface area (Å²) < 4.78 is 57.8. The molecule has 33 N–H and O–H groups in total. The molecule has 0 rings (SSSR count). The summed E-state index contributed by atoms with van der Waals surface area (Å²) in [6, 6.07) is 0. The van der Waals surface area contributed by atoms with E-state index in [-0.39, 0.29) is 178 Å². The van der Waals surface area contributed by atoms with Crippen molar-refractivity contribution in [1.82, 2.24) is 67.6 Å². The van der Waals surface area contributed by atoms with Crippen LogP contribution in [-0.2, 0) is 0 Å². The molecule has 0 aromatic heterocycles. The molecule has 0 amide bonds. The molecule has 0 saturated heterocycles. The second-order valence-corrected chi connectivity index (χ2v) is 0. The average molecular weight is 583 g/mol. The van der Waals surface area contributed by atoms with Crippen LogP contribution < -0.4 is 67.6 Å². The minimum Gasteiger partial charge on any atom is -0.344 e. The van der Waals surface area contributed by atoms with Crippen molar-refractivity contribution in [2.75, 3.05) is 0 Å². The molecule has 0 aromatic carbocycles. The molecule has 0 radical (unpaired) electrons. The van der Waals surface area contributed by atoms with Crippen molar-refractivity contribution in [2.45, 2.75) is 178 Å². The fourth-order valence-electron chi connectivity index (χ4n) is 0. The van der Waals surface area contributed by atoms with Gasteiger partial charge in [0, 0.05) is 0 Å². The Morgan fingerprint density at radius 1 is 0.114 bits per heavy atom. The Hall–Kier alpha value is -0.440. The van der Waals surface area contributed by atoms with Gasteiger partial charge >= 0.3 is 0 Å². The van der Waals surface area contributed by atoms with Crippen molar-refractivity contribution in [1.29, 1.82) is 0 Å². The van der Waals surface area contributed by atoms with Crippen molar-refractivity contribution in [3.8, 4) is 0 Å². The lowest BCUT2D eigenvalue weighted by atomic mass is 12.0. The highest BCUT2D eigenvalue weighted by atomic mass is 14.0. The lowest BCUT2D eigenvalue weighted by Crippen LogP contribution is -0.482. The van der Waals surface area contributed by atoms with E-state index in [0.717, 1.165) is 0 Å². The molecule has 280 valence electrons. The molecule has 0 aliphatic rings. The smallest absolute Gasteiger partial charge is 0.115 e. The molecule has 0 spiro atoms. The number of rotatable bonds is 0. The minimum absolute atomic E-state index is 0. The molecule has 35 heavy (non-hydrogen) atoms. The molecule has 0 heterocycles. The highest BCUT2D eigenvalue weighted by Crippen LogP contribution is 0.168. The molecule has 11 heteroatoms. The Morgan fingerprint density at radius 2 is 0.114 bits per heavy atom. The van der Waals surface area contributed by atoms with Crippen molar-refractivity contribution in [3.05, 3.63) is 0 Å². The van der Waals surface area contributed by atoms with E-state index < -0.39 is 0 Å². The Kier molecular flexibility index (Phi) is 1830000. The maximum Gasteiger partial charge on any atom is 0.115 e. The molecule has 0 fully saturated rings. The van der Waals surface area contributed by atoms with Crippen LogP contribution in [0.4, 0.5) is 0 Å². The largest absolute Gasteiger partial charge is 0.344 e. The molecule has 0 aliphatic carbocycles. The second-order valence-electron chi connectivity index (χ2n) is 0. The van der Waals surface area contributed by atoms with E-state index in [4.69, 9.17) is 15.5 Å². The zero-order valence-corrected chi connectivity index (χ0v) is 6.35. The quantitative estimate of drug-likeness (QED) is 0.127. The van der Waals surface area contributed by atoms with Gasteiger partial charge in [-0.25, -0.2) is 0 Å². The van der Waals surface area contributed by atoms with Gasteiger partial charge in [-0.05, 0) is 0 Å². The SMILES string of the molecule is C.C.C.C.C.C.C.C.C.C.C.C.C.C.C.C.C.C.C.C.C.C.C.C.[2H]N.[2H]N.[2H]N.[2H]N.[2H]N.[2H]N.[2H]N.[2H]N.[2H]N.[2H]N.[2H]N. The molecule has 0 aromatic rings. The van der Waals surface area contributed by atoms with Gasteiger partial charge in [-0.1, -0.05) is 178 Å². The average Bonchev–Trinajstić information content (AvgIpc) is 2.78. The Labute approximate surface area is 262 Å². The third-order valence-corrected chi connectivity index (χ3v) is 0. The fourth-order valence-corrected chi connectivity index (χ4v) is 0. The molecule has 0 bridgehead atoms. The van der Waals surface area contributed by atoms with E-state index in [1.807, 2.05) is 0 Å². The molecular weight excluding hydrogens is 442 g/mol. The monoisotopic (exact) mass is 583 g/mol.